The zero-order chi connectivity index (χ0) is 13.7. The molecule has 1 amide bonds. The Bertz CT molecular complexity index is 608. The van der Waals surface area contributed by atoms with Gasteiger partial charge in [0.05, 0.1) is 22.8 Å². The van der Waals surface area contributed by atoms with Crippen LogP contribution in [0.4, 0.5) is 0 Å². The molecule has 7 heteroatoms. The monoisotopic (exact) mass is 275 g/mol. The van der Waals surface area contributed by atoms with E-state index >= 15 is 0 Å². The lowest BCUT2D eigenvalue weighted by Gasteiger charge is -2.13. The smallest absolute Gasteiger partial charge is 0.264 e. The van der Waals surface area contributed by atoms with E-state index < -0.39 is 0 Å². The lowest BCUT2D eigenvalue weighted by atomic mass is 10.3. The Morgan fingerprint density at radius 1 is 1.58 bits per heavy atom. The molecule has 0 unspecified atom stereocenters. The number of carbonyl (C=O) groups excluding carboxylic acids is 1. The summed E-state index contributed by atoms with van der Waals surface area (Å²) in [7, 11) is 1.72. The van der Waals surface area contributed by atoms with E-state index in [-0.39, 0.29) is 5.91 Å². The van der Waals surface area contributed by atoms with Gasteiger partial charge in [-0.1, -0.05) is 11.8 Å². The van der Waals surface area contributed by atoms with Gasteiger partial charge in [0.15, 0.2) is 0 Å². The second-order valence-electron chi connectivity index (χ2n) is 3.76. The van der Waals surface area contributed by atoms with E-state index in [1.54, 1.807) is 18.0 Å². The van der Waals surface area contributed by atoms with Gasteiger partial charge in [-0.2, -0.15) is 5.10 Å². The fraction of sp³-hybridized carbons (Fsp3) is 0.250. The second kappa shape index (κ2) is 6.13. The number of nitrogens with one attached hydrogen (secondary N) is 1. The van der Waals surface area contributed by atoms with E-state index in [0.29, 0.717) is 23.8 Å². The van der Waals surface area contributed by atoms with Crippen molar-refractivity contribution in [2.45, 2.75) is 6.54 Å². The van der Waals surface area contributed by atoms with Crippen LogP contribution in [0, 0.1) is 11.8 Å². The molecule has 0 aliphatic rings. The first kappa shape index (κ1) is 13.3. The van der Waals surface area contributed by atoms with Gasteiger partial charge in [-0.15, -0.1) is 11.3 Å². The van der Waals surface area contributed by atoms with Crippen LogP contribution in [0.5, 0.6) is 0 Å². The number of amides is 1. The molecule has 0 saturated carbocycles. The molecule has 2 aromatic rings. The summed E-state index contributed by atoms with van der Waals surface area (Å²) in [5, 5.41) is 6.46. The molecule has 0 aliphatic carbocycles. The van der Waals surface area contributed by atoms with Crippen molar-refractivity contribution in [2.24, 2.45) is 5.73 Å². The molecule has 0 spiro atoms. The van der Waals surface area contributed by atoms with Crippen molar-refractivity contribution >= 4 is 17.2 Å². The molecular weight excluding hydrogens is 262 g/mol. The summed E-state index contributed by atoms with van der Waals surface area (Å²) in [5.74, 6) is 6.25. The highest BCUT2D eigenvalue weighted by Crippen LogP contribution is 2.17. The van der Waals surface area contributed by atoms with Crippen LogP contribution < -0.4 is 5.73 Å². The van der Waals surface area contributed by atoms with Gasteiger partial charge in [-0.25, -0.2) is 4.98 Å². The third-order valence-electron chi connectivity index (χ3n) is 2.33. The maximum absolute atomic E-state index is 12.2. The molecule has 0 radical (unpaired) electrons. The number of nitrogens with zero attached hydrogens (tertiary/aromatic N) is 3. The second-order valence-corrected chi connectivity index (χ2v) is 4.85. The Labute approximate surface area is 114 Å². The van der Waals surface area contributed by atoms with Gasteiger partial charge >= 0.3 is 0 Å². The maximum atomic E-state index is 12.2. The summed E-state index contributed by atoms with van der Waals surface area (Å²) in [6.45, 7) is 0.702. The molecule has 0 bridgehead atoms. The number of thiophene rings is 1. The molecule has 19 heavy (non-hydrogen) atoms. The minimum atomic E-state index is -0.0674. The molecule has 0 saturated heterocycles. The highest BCUT2D eigenvalue weighted by atomic mass is 32.1. The quantitative estimate of drug-likeness (QED) is 0.796. The number of aromatic amines is 1. The molecule has 0 fully saturated rings. The van der Waals surface area contributed by atoms with Crippen molar-refractivity contribution in [1.82, 2.24) is 20.1 Å². The lowest BCUT2D eigenvalue weighted by Crippen LogP contribution is -2.25. The van der Waals surface area contributed by atoms with Gasteiger partial charge in [0.1, 0.15) is 12.2 Å². The van der Waals surface area contributed by atoms with Crippen LogP contribution in [0.3, 0.4) is 0 Å². The Balaban J connectivity index is 2.04. The van der Waals surface area contributed by atoms with Crippen molar-refractivity contribution in [3.05, 3.63) is 34.0 Å². The van der Waals surface area contributed by atoms with E-state index in [1.807, 2.05) is 6.07 Å². The topological polar surface area (TPSA) is 87.9 Å². The van der Waals surface area contributed by atoms with Crippen LogP contribution in [-0.4, -0.2) is 39.6 Å². The van der Waals surface area contributed by atoms with Gasteiger partial charge < -0.3 is 10.6 Å². The number of rotatable bonds is 3. The predicted octanol–water partition coefficient (Wildman–Crippen LogP) is 0.449. The largest absolute Gasteiger partial charge is 0.333 e. The summed E-state index contributed by atoms with van der Waals surface area (Å²) in [6.07, 6.45) is 1.42. The fourth-order valence-corrected chi connectivity index (χ4v) is 2.33. The van der Waals surface area contributed by atoms with Crippen molar-refractivity contribution < 1.29 is 4.79 Å². The minimum Gasteiger partial charge on any atom is -0.333 e. The van der Waals surface area contributed by atoms with Crippen LogP contribution in [-0.2, 0) is 6.54 Å². The molecule has 3 N–H and O–H groups in total. The van der Waals surface area contributed by atoms with E-state index in [4.69, 9.17) is 5.73 Å². The minimum absolute atomic E-state index is 0.0674. The Morgan fingerprint density at radius 3 is 3.11 bits per heavy atom. The van der Waals surface area contributed by atoms with Crippen LogP contribution in [0.2, 0.25) is 0 Å². The standard InChI is InChI=1S/C12H13N5OS/c1-17(7-11-14-8-15-16-11)12(18)10-5-4-9(19-10)3-2-6-13/h4-5,8H,6-7,13H2,1H3,(H,14,15,16). The fourth-order valence-electron chi connectivity index (χ4n) is 1.45. The van der Waals surface area contributed by atoms with E-state index in [0.717, 1.165) is 4.88 Å². The number of nitrogens with two attached hydrogens (primary N) is 1. The number of hydrogen-bond donors (Lipinski definition) is 2. The van der Waals surface area contributed by atoms with Crippen molar-refractivity contribution in [3.8, 4) is 11.8 Å². The molecule has 2 heterocycles. The molecule has 98 valence electrons. The third kappa shape index (κ3) is 3.40. The highest BCUT2D eigenvalue weighted by Gasteiger charge is 2.15. The van der Waals surface area contributed by atoms with E-state index in [2.05, 4.69) is 27.0 Å². The molecule has 2 rings (SSSR count). The molecular formula is C12H13N5OS. The summed E-state index contributed by atoms with van der Waals surface area (Å²) in [4.78, 5) is 19.2. The Hall–Kier alpha value is -2.17. The number of carbonyl (C=O) groups is 1. The Kier molecular flexibility index (Phi) is 4.28. The normalized spacial score (nSPS) is 9.79. The van der Waals surface area contributed by atoms with Gasteiger partial charge in [0.25, 0.3) is 5.91 Å². The van der Waals surface area contributed by atoms with Crippen molar-refractivity contribution in [1.29, 1.82) is 0 Å². The Morgan fingerprint density at radius 2 is 2.42 bits per heavy atom. The van der Waals surface area contributed by atoms with Crippen molar-refractivity contribution in [3.63, 3.8) is 0 Å². The van der Waals surface area contributed by atoms with Crippen molar-refractivity contribution in [2.75, 3.05) is 13.6 Å². The third-order valence-corrected chi connectivity index (χ3v) is 3.32. The molecule has 6 nitrogen and oxygen atoms in total. The van der Waals surface area contributed by atoms with Gasteiger partial charge in [0, 0.05) is 7.05 Å². The maximum Gasteiger partial charge on any atom is 0.264 e. The number of hydrogen-bond acceptors (Lipinski definition) is 5. The summed E-state index contributed by atoms with van der Waals surface area (Å²) in [5.41, 5.74) is 5.31. The highest BCUT2D eigenvalue weighted by molar-refractivity contribution is 7.14. The van der Waals surface area contributed by atoms with E-state index in [1.165, 1.54) is 17.7 Å². The average molecular weight is 275 g/mol. The molecule has 0 atom stereocenters. The van der Waals surface area contributed by atoms with Crippen LogP contribution in [0.25, 0.3) is 0 Å². The molecule has 0 aliphatic heterocycles. The zero-order valence-electron chi connectivity index (χ0n) is 10.4. The summed E-state index contributed by atoms with van der Waals surface area (Å²) < 4.78 is 0. The first-order chi connectivity index (χ1) is 9.20. The van der Waals surface area contributed by atoms with Crippen LogP contribution in [0.1, 0.15) is 20.4 Å². The predicted molar refractivity (Wildman–Crippen MR) is 72.4 cm³/mol. The SMILES string of the molecule is CN(Cc1ncn[nH]1)C(=O)c1ccc(C#CCN)s1. The number of aromatic nitrogens is 3. The van der Waals surface area contributed by atoms with Crippen LogP contribution in [0.15, 0.2) is 18.5 Å². The van der Waals surface area contributed by atoms with Gasteiger partial charge in [0.2, 0.25) is 0 Å². The summed E-state index contributed by atoms with van der Waals surface area (Å²) in [6, 6.07) is 3.59. The first-order valence-electron chi connectivity index (χ1n) is 5.59. The first-order valence-corrected chi connectivity index (χ1v) is 6.41. The zero-order valence-corrected chi connectivity index (χ0v) is 11.2. The average Bonchev–Trinajstić information content (AvgIpc) is 3.06. The lowest BCUT2D eigenvalue weighted by molar-refractivity contribution is 0.0786. The molecule has 0 aromatic carbocycles. The number of H-pyrrole nitrogens is 1. The van der Waals surface area contributed by atoms with E-state index in [9.17, 15) is 4.79 Å². The van der Waals surface area contributed by atoms with Gasteiger partial charge in [-0.05, 0) is 12.1 Å². The molecule has 2 aromatic heterocycles. The van der Waals surface area contributed by atoms with Gasteiger partial charge in [-0.3, -0.25) is 9.89 Å². The summed E-state index contributed by atoms with van der Waals surface area (Å²) >= 11 is 1.36. The van der Waals surface area contributed by atoms with Crippen LogP contribution >= 0.6 is 11.3 Å².